The Hall–Kier alpha value is -2.08. The molecule has 2 heterocycles. The highest BCUT2D eigenvalue weighted by molar-refractivity contribution is 5.89. The van der Waals surface area contributed by atoms with Crippen LogP contribution in [0.3, 0.4) is 0 Å². The van der Waals surface area contributed by atoms with Crippen LogP contribution in [0.2, 0.25) is 0 Å². The number of benzene rings is 1. The summed E-state index contributed by atoms with van der Waals surface area (Å²) in [5.41, 5.74) is 3.76. The van der Waals surface area contributed by atoms with Crippen LogP contribution in [0.15, 0.2) is 18.2 Å². The van der Waals surface area contributed by atoms with Crippen molar-refractivity contribution in [2.75, 3.05) is 44.2 Å². The fourth-order valence-corrected chi connectivity index (χ4v) is 4.20. The van der Waals surface area contributed by atoms with Crippen LogP contribution >= 0.6 is 0 Å². The van der Waals surface area contributed by atoms with Gasteiger partial charge in [-0.3, -0.25) is 14.5 Å². The molecule has 0 aromatic heterocycles. The number of rotatable bonds is 4. The molecule has 2 aliphatic rings. The first-order chi connectivity index (χ1) is 12.8. The number of hydrogen-bond donors (Lipinski definition) is 1. The van der Waals surface area contributed by atoms with Gasteiger partial charge < -0.3 is 15.1 Å². The average Bonchev–Trinajstić information content (AvgIpc) is 2.62. The third kappa shape index (κ3) is 4.61. The number of anilines is 1. The first kappa shape index (κ1) is 19.7. The summed E-state index contributed by atoms with van der Waals surface area (Å²) in [5.74, 6) is 0.0694. The van der Waals surface area contributed by atoms with E-state index in [4.69, 9.17) is 0 Å². The number of hydrogen-bond acceptors (Lipinski definition) is 4. The number of nitrogens with zero attached hydrogens (tertiary/aromatic N) is 3. The largest absolute Gasteiger partial charge is 0.368 e. The molecule has 148 valence electrons. The summed E-state index contributed by atoms with van der Waals surface area (Å²) in [5, 5.41) is 2.90. The molecular formula is C21H32N4O2. The van der Waals surface area contributed by atoms with Gasteiger partial charge in [0.25, 0.3) is 0 Å². The molecule has 1 N–H and O–H groups in total. The lowest BCUT2D eigenvalue weighted by Gasteiger charge is -2.40. The zero-order valence-electron chi connectivity index (χ0n) is 17.0. The number of aryl methyl sites for hydroxylation is 2. The monoisotopic (exact) mass is 372 g/mol. The molecule has 27 heavy (non-hydrogen) atoms. The Morgan fingerprint density at radius 3 is 2.30 bits per heavy atom. The lowest BCUT2D eigenvalue weighted by molar-refractivity contribution is -0.139. The van der Waals surface area contributed by atoms with E-state index in [2.05, 4.69) is 61.0 Å². The summed E-state index contributed by atoms with van der Waals surface area (Å²) >= 11 is 0. The van der Waals surface area contributed by atoms with Crippen LogP contribution in [0.25, 0.3) is 0 Å². The Balaban J connectivity index is 1.58. The van der Waals surface area contributed by atoms with Crippen LogP contribution in [0.4, 0.5) is 5.69 Å². The lowest BCUT2D eigenvalue weighted by Crippen LogP contribution is -2.59. The molecule has 2 saturated heterocycles. The van der Waals surface area contributed by atoms with Crippen molar-refractivity contribution in [2.45, 2.75) is 46.2 Å². The summed E-state index contributed by atoms with van der Waals surface area (Å²) in [6, 6.07) is 6.51. The Morgan fingerprint density at radius 1 is 1.07 bits per heavy atom. The molecule has 1 atom stereocenters. The molecule has 2 aliphatic heterocycles. The Labute approximate surface area is 162 Å². The van der Waals surface area contributed by atoms with Gasteiger partial charge in [0, 0.05) is 51.0 Å². The standard InChI is InChI=1S/C21H32N4O2/c1-15(2)25-6-5-22-21(27)19(25)14-20(26)24-9-7-23(8-10-24)18-12-16(3)11-17(4)13-18/h11-13,15,19H,5-10,14H2,1-4H3,(H,22,27). The molecule has 3 rings (SSSR count). The van der Waals surface area contributed by atoms with E-state index in [-0.39, 0.29) is 30.3 Å². The SMILES string of the molecule is Cc1cc(C)cc(N2CCN(C(=O)CC3C(=O)NCCN3C(C)C)CC2)c1. The highest BCUT2D eigenvalue weighted by Crippen LogP contribution is 2.21. The maximum absolute atomic E-state index is 12.8. The van der Waals surface area contributed by atoms with E-state index in [0.29, 0.717) is 19.6 Å². The fraction of sp³-hybridized carbons (Fsp3) is 0.619. The van der Waals surface area contributed by atoms with Crippen LogP contribution in [0, 0.1) is 13.8 Å². The maximum Gasteiger partial charge on any atom is 0.237 e. The first-order valence-electron chi connectivity index (χ1n) is 9.99. The fourth-order valence-electron chi connectivity index (χ4n) is 4.20. The van der Waals surface area contributed by atoms with Crippen molar-refractivity contribution in [1.82, 2.24) is 15.1 Å². The second-order valence-corrected chi connectivity index (χ2v) is 8.06. The molecule has 0 spiro atoms. The van der Waals surface area contributed by atoms with E-state index in [1.165, 1.54) is 16.8 Å². The highest BCUT2D eigenvalue weighted by Gasteiger charge is 2.34. The second-order valence-electron chi connectivity index (χ2n) is 8.06. The van der Waals surface area contributed by atoms with E-state index in [0.717, 1.165) is 19.6 Å². The predicted molar refractivity (Wildman–Crippen MR) is 108 cm³/mol. The van der Waals surface area contributed by atoms with Gasteiger partial charge >= 0.3 is 0 Å². The molecule has 0 bridgehead atoms. The minimum Gasteiger partial charge on any atom is -0.368 e. The number of carbonyl (C=O) groups is 2. The molecule has 6 heteroatoms. The quantitative estimate of drug-likeness (QED) is 0.871. The van der Waals surface area contributed by atoms with Gasteiger partial charge in [0.05, 0.1) is 12.5 Å². The van der Waals surface area contributed by atoms with E-state index in [9.17, 15) is 9.59 Å². The number of piperazine rings is 2. The molecule has 0 radical (unpaired) electrons. The van der Waals surface area contributed by atoms with Crippen molar-refractivity contribution in [3.8, 4) is 0 Å². The van der Waals surface area contributed by atoms with Crippen molar-refractivity contribution < 1.29 is 9.59 Å². The summed E-state index contributed by atoms with van der Waals surface area (Å²) in [6.07, 6.45) is 0.271. The molecule has 2 amide bonds. The second kappa shape index (κ2) is 8.30. The summed E-state index contributed by atoms with van der Waals surface area (Å²) < 4.78 is 0. The Bertz CT molecular complexity index is 675. The molecule has 1 aromatic rings. The van der Waals surface area contributed by atoms with E-state index < -0.39 is 0 Å². The minimum atomic E-state index is -0.344. The van der Waals surface area contributed by atoms with Gasteiger partial charge in [-0.25, -0.2) is 0 Å². The van der Waals surface area contributed by atoms with Gasteiger partial charge in [0.15, 0.2) is 0 Å². The Morgan fingerprint density at radius 2 is 1.70 bits per heavy atom. The topological polar surface area (TPSA) is 55.9 Å². The molecule has 6 nitrogen and oxygen atoms in total. The Kier molecular flexibility index (Phi) is 6.05. The normalized spacial score (nSPS) is 21.5. The number of nitrogens with one attached hydrogen (secondary N) is 1. The van der Waals surface area contributed by atoms with Crippen LogP contribution in [0.1, 0.15) is 31.4 Å². The van der Waals surface area contributed by atoms with E-state index >= 15 is 0 Å². The molecular weight excluding hydrogens is 340 g/mol. The zero-order chi connectivity index (χ0) is 19.6. The predicted octanol–water partition coefficient (Wildman–Crippen LogP) is 1.55. The van der Waals surface area contributed by atoms with Gasteiger partial charge in [-0.15, -0.1) is 0 Å². The highest BCUT2D eigenvalue weighted by atomic mass is 16.2. The minimum absolute atomic E-state index is 0.0165. The smallest absolute Gasteiger partial charge is 0.237 e. The van der Waals surface area contributed by atoms with Crippen molar-refractivity contribution >= 4 is 17.5 Å². The van der Waals surface area contributed by atoms with E-state index in [1.54, 1.807) is 0 Å². The van der Waals surface area contributed by atoms with Crippen molar-refractivity contribution in [1.29, 1.82) is 0 Å². The summed E-state index contributed by atoms with van der Waals surface area (Å²) in [7, 11) is 0. The van der Waals surface area contributed by atoms with Crippen LogP contribution in [-0.4, -0.2) is 73.0 Å². The molecule has 0 aliphatic carbocycles. The van der Waals surface area contributed by atoms with Crippen molar-refractivity contribution in [3.63, 3.8) is 0 Å². The van der Waals surface area contributed by atoms with Crippen LogP contribution in [-0.2, 0) is 9.59 Å². The number of amides is 2. The average molecular weight is 373 g/mol. The number of carbonyl (C=O) groups excluding carboxylic acids is 2. The van der Waals surface area contributed by atoms with Crippen LogP contribution < -0.4 is 10.2 Å². The van der Waals surface area contributed by atoms with Gasteiger partial charge in [-0.2, -0.15) is 0 Å². The van der Waals surface area contributed by atoms with Gasteiger partial charge in [0.1, 0.15) is 0 Å². The van der Waals surface area contributed by atoms with Gasteiger partial charge in [-0.05, 0) is 51.0 Å². The molecule has 1 unspecified atom stereocenters. The summed E-state index contributed by atoms with van der Waals surface area (Å²) in [6.45, 7) is 13.0. The zero-order valence-corrected chi connectivity index (χ0v) is 17.0. The van der Waals surface area contributed by atoms with E-state index in [1.807, 2.05) is 4.90 Å². The third-order valence-corrected chi connectivity index (χ3v) is 5.61. The molecule has 1 aromatic carbocycles. The lowest BCUT2D eigenvalue weighted by atomic mass is 10.1. The van der Waals surface area contributed by atoms with Gasteiger partial charge in [0.2, 0.25) is 11.8 Å². The maximum atomic E-state index is 12.8. The van der Waals surface area contributed by atoms with Crippen molar-refractivity contribution in [2.24, 2.45) is 0 Å². The summed E-state index contributed by atoms with van der Waals surface area (Å²) in [4.78, 5) is 31.5. The molecule has 2 fully saturated rings. The molecule has 0 saturated carbocycles. The van der Waals surface area contributed by atoms with Gasteiger partial charge in [-0.1, -0.05) is 6.07 Å². The van der Waals surface area contributed by atoms with Crippen LogP contribution in [0.5, 0.6) is 0 Å². The first-order valence-corrected chi connectivity index (χ1v) is 9.99. The van der Waals surface area contributed by atoms with Crippen molar-refractivity contribution in [3.05, 3.63) is 29.3 Å². The third-order valence-electron chi connectivity index (χ3n) is 5.61.